The molecule has 3 rings (SSSR count). The second-order valence-electron chi connectivity index (χ2n) is 5.67. The van der Waals surface area contributed by atoms with Crippen LogP contribution in [0, 0.1) is 5.92 Å². The molecule has 0 bridgehead atoms. The van der Waals surface area contributed by atoms with Gasteiger partial charge in [-0.1, -0.05) is 0 Å². The number of piperazine rings is 1. The first-order valence-corrected chi connectivity index (χ1v) is 8.65. The number of aromatic nitrogens is 1. The van der Waals surface area contributed by atoms with Crippen molar-refractivity contribution in [1.29, 1.82) is 0 Å². The molecule has 0 spiro atoms. The lowest BCUT2D eigenvalue weighted by atomic mass is 10.2. The molecule has 1 saturated heterocycles. The maximum atomic E-state index is 12.2. The minimum atomic E-state index is 0.201. The molecule has 0 unspecified atom stereocenters. The van der Waals surface area contributed by atoms with E-state index in [0.717, 1.165) is 42.8 Å². The summed E-state index contributed by atoms with van der Waals surface area (Å²) in [5, 5.41) is 2.81. The smallest absolute Gasteiger partial charge is 0.229 e. The molecule has 0 radical (unpaired) electrons. The summed E-state index contributed by atoms with van der Waals surface area (Å²) in [5.41, 5.74) is 0.869. The molecule has 0 N–H and O–H groups in total. The summed E-state index contributed by atoms with van der Waals surface area (Å²) in [6.45, 7) is 4.99. The van der Waals surface area contributed by atoms with Crippen molar-refractivity contribution in [2.45, 2.75) is 25.1 Å². The molecule has 1 aliphatic heterocycles. The number of thiazole rings is 1. The van der Waals surface area contributed by atoms with Crippen LogP contribution >= 0.6 is 22.9 Å². The largest absolute Gasteiger partial charge is 0.340 e. The number of rotatable bonds is 5. The Hall–Kier alpha value is -0.650. The zero-order valence-electron chi connectivity index (χ0n) is 11.6. The highest BCUT2D eigenvalue weighted by molar-refractivity contribution is 7.09. The maximum Gasteiger partial charge on any atom is 0.229 e. The zero-order valence-corrected chi connectivity index (χ0v) is 13.1. The molecule has 1 aromatic rings. The van der Waals surface area contributed by atoms with Gasteiger partial charge in [0.25, 0.3) is 0 Å². The van der Waals surface area contributed by atoms with Crippen LogP contribution in [-0.2, 0) is 17.1 Å². The Bertz CT molecular complexity index is 467. The summed E-state index contributed by atoms with van der Waals surface area (Å²) >= 11 is 7.26. The summed E-state index contributed by atoms with van der Waals surface area (Å²) in [4.78, 5) is 21.1. The van der Waals surface area contributed by atoms with Crippen LogP contribution in [0.2, 0.25) is 0 Å². The van der Waals surface area contributed by atoms with Gasteiger partial charge in [-0.05, 0) is 18.8 Å². The molecule has 0 aromatic carbocycles. The zero-order chi connectivity index (χ0) is 13.9. The van der Waals surface area contributed by atoms with Crippen molar-refractivity contribution in [2.75, 3.05) is 32.7 Å². The second kappa shape index (κ2) is 6.41. The van der Waals surface area contributed by atoms with E-state index >= 15 is 0 Å². The summed E-state index contributed by atoms with van der Waals surface area (Å²) in [7, 11) is 0. The molecule has 1 aromatic heterocycles. The van der Waals surface area contributed by atoms with Crippen molar-refractivity contribution in [2.24, 2.45) is 5.92 Å². The normalized spacial score (nSPS) is 20.4. The average molecular weight is 314 g/mol. The van der Waals surface area contributed by atoms with Crippen molar-refractivity contribution in [1.82, 2.24) is 14.8 Å². The van der Waals surface area contributed by atoms with Gasteiger partial charge in [0.15, 0.2) is 0 Å². The van der Waals surface area contributed by atoms with E-state index in [0.29, 0.717) is 12.3 Å². The fraction of sp³-hybridized carbons (Fsp3) is 0.714. The molecule has 1 saturated carbocycles. The lowest BCUT2D eigenvalue weighted by Crippen LogP contribution is -2.49. The van der Waals surface area contributed by atoms with E-state index in [1.165, 1.54) is 30.7 Å². The van der Waals surface area contributed by atoms with Crippen LogP contribution in [0.25, 0.3) is 0 Å². The molecule has 1 amide bonds. The topological polar surface area (TPSA) is 36.4 Å². The van der Waals surface area contributed by atoms with E-state index in [1.807, 2.05) is 10.3 Å². The van der Waals surface area contributed by atoms with Gasteiger partial charge in [0.1, 0.15) is 5.01 Å². The molecule has 110 valence electrons. The van der Waals surface area contributed by atoms with Gasteiger partial charge in [-0.3, -0.25) is 9.69 Å². The number of hydrogen-bond donors (Lipinski definition) is 0. The number of nitrogens with zero attached hydrogens (tertiary/aromatic N) is 3. The fourth-order valence-electron chi connectivity index (χ4n) is 2.58. The first-order valence-electron chi connectivity index (χ1n) is 7.24. The first kappa shape index (κ1) is 14.3. The van der Waals surface area contributed by atoms with Gasteiger partial charge in [0, 0.05) is 38.1 Å². The van der Waals surface area contributed by atoms with Crippen LogP contribution in [-0.4, -0.2) is 53.4 Å². The van der Waals surface area contributed by atoms with Crippen LogP contribution in [0.3, 0.4) is 0 Å². The molecule has 2 fully saturated rings. The predicted molar refractivity (Wildman–Crippen MR) is 81.1 cm³/mol. The van der Waals surface area contributed by atoms with Gasteiger partial charge in [-0.2, -0.15) is 0 Å². The van der Waals surface area contributed by atoms with Crippen molar-refractivity contribution < 1.29 is 4.79 Å². The Labute approximate surface area is 128 Å². The van der Waals surface area contributed by atoms with Crippen molar-refractivity contribution in [3.05, 3.63) is 16.1 Å². The SMILES string of the molecule is O=C(Cc1nc(CCl)cs1)N1CCN(CC2CC2)CC1. The van der Waals surface area contributed by atoms with Gasteiger partial charge in [0.05, 0.1) is 18.0 Å². The van der Waals surface area contributed by atoms with Crippen LogP contribution in [0.15, 0.2) is 5.38 Å². The molecule has 2 heterocycles. The Morgan fingerprint density at radius 1 is 1.35 bits per heavy atom. The maximum absolute atomic E-state index is 12.2. The summed E-state index contributed by atoms with van der Waals surface area (Å²) in [6, 6.07) is 0. The highest BCUT2D eigenvalue weighted by Crippen LogP contribution is 2.29. The summed E-state index contributed by atoms with van der Waals surface area (Å²) in [6.07, 6.45) is 3.21. The van der Waals surface area contributed by atoms with Gasteiger partial charge in [-0.25, -0.2) is 4.98 Å². The Balaban J connectivity index is 1.45. The lowest BCUT2D eigenvalue weighted by Gasteiger charge is -2.34. The molecular weight excluding hydrogens is 294 g/mol. The highest BCUT2D eigenvalue weighted by atomic mass is 35.5. The first-order chi connectivity index (χ1) is 9.74. The minimum Gasteiger partial charge on any atom is -0.340 e. The quantitative estimate of drug-likeness (QED) is 0.780. The third kappa shape index (κ3) is 3.71. The fourth-order valence-corrected chi connectivity index (χ4v) is 3.59. The van der Waals surface area contributed by atoms with Gasteiger partial charge in [-0.15, -0.1) is 22.9 Å². The summed E-state index contributed by atoms with van der Waals surface area (Å²) < 4.78 is 0. The Morgan fingerprint density at radius 2 is 2.10 bits per heavy atom. The number of carbonyl (C=O) groups is 1. The number of hydrogen-bond acceptors (Lipinski definition) is 4. The molecule has 20 heavy (non-hydrogen) atoms. The molecule has 0 atom stereocenters. The van der Waals surface area contributed by atoms with Crippen molar-refractivity contribution >= 4 is 28.8 Å². The van der Waals surface area contributed by atoms with Crippen LogP contribution in [0.1, 0.15) is 23.5 Å². The Kier molecular flexibility index (Phi) is 4.58. The molecule has 6 heteroatoms. The second-order valence-corrected chi connectivity index (χ2v) is 6.88. The lowest BCUT2D eigenvalue weighted by molar-refractivity contribution is -0.132. The van der Waals surface area contributed by atoms with Gasteiger partial charge in [0.2, 0.25) is 5.91 Å². The standard InChI is InChI=1S/C14H20ClN3OS/c15-8-12-10-20-13(16-12)7-14(19)18-5-3-17(4-6-18)9-11-1-2-11/h10-11H,1-9H2. The minimum absolute atomic E-state index is 0.201. The molecule has 4 nitrogen and oxygen atoms in total. The molecule has 1 aliphatic carbocycles. The van der Waals surface area contributed by atoms with Gasteiger partial charge >= 0.3 is 0 Å². The highest BCUT2D eigenvalue weighted by Gasteiger charge is 2.27. The summed E-state index contributed by atoms with van der Waals surface area (Å²) in [5.74, 6) is 1.55. The van der Waals surface area contributed by atoms with Crippen LogP contribution in [0.5, 0.6) is 0 Å². The van der Waals surface area contributed by atoms with E-state index in [2.05, 4.69) is 9.88 Å². The third-order valence-corrected chi connectivity index (χ3v) is 5.15. The van der Waals surface area contributed by atoms with Crippen LogP contribution < -0.4 is 0 Å². The Morgan fingerprint density at radius 3 is 2.70 bits per heavy atom. The van der Waals surface area contributed by atoms with Crippen molar-refractivity contribution in [3.8, 4) is 0 Å². The van der Waals surface area contributed by atoms with E-state index in [4.69, 9.17) is 11.6 Å². The number of carbonyl (C=O) groups excluding carboxylic acids is 1. The average Bonchev–Trinajstić information content (AvgIpc) is 3.16. The van der Waals surface area contributed by atoms with Crippen molar-refractivity contribution in [3.63, 3.8) is 0 Å². The predicted octanol–water partition coefficient (Wildman–Crippen LogP) is 1.98. The van der Waals surface area contributed by atoms with E-state index < -0.39 is 0 Å². The van der Waals surface area contributed by atoms with Crippen LogP contribution in [0.4, 0.5) is 0 Å². The molecular formula is C14H20ClN3OS. The van der Waals surface area contributed by atoms with Gasteiger partial charge < -0.3 is 4.90 Å². The number of halogens is 1. The monoisotopic (exact) mass is 313 g/mol. The van der Waals surface area contributed by atoms with E-state index in [9.17, 15) is 4.79 Å². The van der Waals surface area contributed by atoms with E-state index in [1.54, 1.807) is 0 Å². The number of amides is 1. The number of alkyl halides is 1. The van der Waals surface area contributed by atoms with E-state index in [-0.39, 0.29) is 5.91 Å². The molecule has 2 aliphatic rings. The third-order valence-electron chi connectivity index (χ3n) is 3.98.